The molecule has 0 amide bonds. The van der Waals surface area contributed by atoms with Gasteiger partial charge in [0.05, 0.1) is 0 Å². The molecule has 2 nitrogen and oxygen atoms in total. The molecule has 1 fully saturated rings. The van der Waals surface area contributed by atoms with Gasteiger partial charge in [-0.15, -0.1) is 5.92 Å². The van der Waals surface area contributed by atoms with Crippen LogP contribution in [0.1, 0.15) is 25.7 Å². The van der Waals surface area contributed by atoms with Crippen molar-refractivity contribution in [3.05, 3.63) is 7.43 Å². The molecule has 0 spiro atoms. The van der Waals surface area contributed by atoms with Crippen LogP contribution in [0.4, 0.5) is 0 Å². The maximum Gasteiger partial charge on any atom is 2.00 e. The summed E-state index contributed by atoms with van der Waals surface area (Å²) >= 11 is 0. The van der Waals surface area contributed by atoms with Crippen LogP contribution in [0.3, 0.4) is 0 Å². The molecule has 1 rings (SSSR count). The Kier molecular flexibility index (Phi) is 10.5. The van der Waals surface area contributed by atoms with Crippen molar-refractivity contribution in [2.24, 2.45) is 11.8 Å². The van der Waals surface area contributed by atoms with Crippen LogP contribution in [-0.2, 0) is 4.79 Å². The molecule has 3 heteroatoms. The number of aliphatic hydroxyl groups excluding tert-OH is 1. The first-order valence-corrected chi connectivity index (χ1v) is 3.85. The first-order valence-electron chi connectivity index (χ1n) is 3.85. The fraction of sp³-hybridized carbons (Fsp3) is 0.778. The van der Waals surface area contributed by atoms with Crippen LogP contribution in [-0.4, -0.2) is 18.0 Å². The first-order chi connectivity index (χ1) is 4.86. The molecule has 1 aliphatic rings. The molecule has 0 aromatic rings. The average Bonchev–Trinajstić information content (AvgIpc) is 2.05. The Morgan fingerprint density at radius 2 is 1.75 bits per heavy atom. The van der Waals surface area contributed by atoms with E-state index in [1.54, 1.807) is 0 Å². The summed E-state index contributed by atoms with van der Waals surface area (Å²) in [5, 5.41) is 8.75. The summed E-state index contributed by atoms with van der Waals surface area (Å²) in [5.41, 5.74) is 0. The van der Waals surface area contributed by atoms with E-state index in [0.717, 1.165) is 25.7 Å². The molecule has 68 valence electrons. The predicted molar refractivity (Wildman–Crippen MR) is 44.6 cm³/mol. The van der Waals surface area contributed by atoms with E-state index in [2.05, 4.69) is 0 Å². The second-order valence-corrected chi connectivity index (χ2v) is 3.02. The Hall–Kier alpha value is 0.682. The molecular formula is C9H16O2U. The Morgan fingerprint density at radius 1 is 1.25 bits per heavy atom. The van der Waals surface area contributed by atoms with E-state index in [1.165, 1.54) is 0 Å². The van der Waals surface area contributed by atoms with Gasteiger partial charge in [-0.2, -0.15) is 0 Å². The Morgan fingerprint density at radius 3 is 2.08 bits per heavy atom. The molecular weight excluding hydrogens is 378 g/mol. The molecule has 0 saturated heterocycles. The minimum absolute atomic E-state index is 0. The van der Waals surface area contributed by atoms with Gasteiger partial charge in [0.25, 0.3) is 0 Å². The maximum absolute atomic E-state index is 10.2. The largest absolute Gasteiger partial charge is 2.00 e. The summed E-state index contributed by atoms with van der Waals surface area (Å²) in [6, 6.07) is 0. The van der Waals surface area contributed by atoms with Crippen molar-refractivity contribution in [1.29, 1.82) is 0 Å². The van der Waals surface area contributed by atoms with E-state index in [1.807, 2.05) is 6.29 Å². The number of hydrogen-bond acceptors (Lipinski definition) is 2. The van der Waals surface area contributed by atoms with Crippen LogP contribution < -0.4 is 0 Å². The van der Waals surface area contributed by atoms with E-state index in [-0.39, 0.29) is 51.1 Å². The first kappa shape index (κ1) is 15.2. The molecule has 1 saturated carbocycles. The van der Waals surface area contributed by atoms with E-state index in [4.69, 9.17) is 5.11 Å². The van der Waals surface area contributed by atoms with Crippen LogP contribution in [0, 0.1) is 50.4 Å². The van der Waals surface area contributed by atoms with Crippen molar-refractivity contribution < 1.29 is 41.0 Å². The standard InChI is InChI=1S/C8H13O2.CH3.U/c9-5-7-1-2-8(6-10)4-3-7;;/h7-9H,1-5H2;1H3;/q2*-1;+2. The molecule has 0 aromatic carbocycles. The average molecular weight is 394 g/mol. The third-order valence-corrected chi connectivity index (χ3v) is 2.27. The summed E-state index contributed by atoms with van der Waals surface area (Å²) in [6.45, 7) is 0.283. The summed E-state index contributed by atoms with van der Waals surface area (Å²) < 4.78 is 0. The summed E-state index contributed by atoms with van der Waals surface area (Å²) in [4.78, 5) is 10.2. The Labute approximate surface area is 98.5 Å². The molecule has 0 unspecified atom stereocenters. The van der Waals surface area contributed by atoms with E-state index in [9.17, 15) is 4.79 Å². The molecule has 0 bridgehead atoms. The smallest absolute Gasteiger partial charge is 0.542 e. The molecule has 0 atom stereocenters. The molecule has 1 aliphatic carbocycles. The van der Waals surface area contributed by atoms with Crippen molar-refractivity contribution >= 4 is 6.29 Å². The van der Waals surface area contributed by atoms with Crippen molar-refractivity contribution in [3.8, 4) is 0 Å². The van der Waals surface area contributed by atoms with Crippen molar-refractivity contribution in [1.82, 2.24) is 0 Å². The van der Waals surface area contributed by atoms with Gasteiger partial charge in [0.15, 0.2) is 0 Å². The predicted octanol–water partition coefficient (Wildman–Crippen LogP) is 1.35. The Bertz CT molecular complexity index is 109. The summed E-state index contributed by atoms with van der Waals surface area (Å²) in [7, 11) is 0. The number of rotatable bonds is 2. The van der Waals surface area contributed by atoms with Crippen LogP contribution >= 0.6 is 0 Å². The Balaban J connectivity index is 0. The van der Waals surface area contributed by atoms with Crippen molar-refractivity contribution in [2.75, 3.05) is 6.61 Å². The quantitative estimate of drug-likeness (QED) is 0.719. The minimum Gasteiger partial charge on any atom is -0.542 e. The molecule has 1 N–H and O–H groups in total. The maximum atomic E-state index is 10.2. The summed E-state index contributed by atoms with van der Waals surface area (Å²) in [6.07, 6.45) is 5.86. The zero-order valence-electron chi connectivity index (χ0n) is 7.55. The van der Waals surface area contributed by atoms with Gasteiger partial charge in [-0.1, -0.05) is 25.7 Å². The fourth-order valence-corrected chi connectivity index (χ4v) is 1.46. The number of carbonyl (C=O) groups excluding carboxylic acids is 1. The van der Waals surface area contributed by atoms with Crippen LogP contribution in [0.5, 0.6) is 0 Å². The van der Waals surface area contributed by atoms with Gasteiger partial charge in [0.1, 0.15) is 0 Å². The third-order valence-electron chi connectivity index (χ3n) is 2.27. The van der Waals surface area contributed by atoms with Crippen LogP contribution in [0.25, 0.3) is 0 Å². The van der Waals surface area contributed by atoms with Gasteiger partial charge >= 0.3 is 31.1 Å². The number of hydrogen-bond donors (Lipinski definition) is 1. The molecule has 0 aliphatic heterocycles. The zero-order valence-corrected chi connectivity index (χ0v) is 11.7. The zero-order chi connectivity index (χ0) is 7.40. The van der Waals surface area contributed by atoms with Crippen molar-refractivity contribution in [2.45, 2.75) is 25.7 Å². The second kappa shape index (κ2) is 8.29. The topological polar surface area (TPSA) is 37.3 Å². The third kappa shape index (κ3) is 4.65. The normalized spacial score (nSPS) is 28.1. The van der Waals surface area contributed by atoms with Crippen LogP contribution in [0.15, 0.2) is 0 Å². The van der Waals surface area contributed by atoms with Gasteiger partial charge in [-0.05, 0) is 5.92 Å². The monoisotopic (exact) mass is 394 g/mol. The molecule has 0 heterocycles. The van der Waals surface area contributed by atoms with Gasteiger partial charge in [0.2, 0.25) is 0 Å². The van der Waals surface area contributed by atoms with Gasteiger partial charge in [0, 0.05) is 6.61 Å². The number of aliphatic hydroxyl groups is 1. The van der Waals surface area contributed by atoms with Gasteiger partial charge < -0.3 is 17.3 Å². The summed E-state index contributed by atoms with van der Waals surface area (Å²) in [5.74, 6) is 0.604. The van der Waals surface area contributed by atoms with Gasteiger partial charge in [-0.3, -0.25) is 6.29 Å². The van der Waals surface area contributed by atoms with E-state index >= 15 is 0 Å². The van der Waals surface area contributed by atoms with E-state index < -0.39 is 0 Å². The molecule has 12 heavy (non-hydrogen) atoms. The minimum atomic E-state index is 0. The van der Waals surface area contributed by atoms with Crippen LogP contribution in [0.2, 0.25) is 0 Å². The second-order valence-electron chi connectivity index (χ2n) is 3.02. The van der Waals surface area contributed by atoms with E-state index in [0.29, 0.717) is 5.92 Å². The molecule has 0 radical (unpaired) electrons. The van der Waals surface area contributed by atoms with Gasteiger partial charge in [-0.25, -0.2) is 0 Å². The molecule has 0 aromatic heterocycles. The van der Waals surface area contributed by atoms with Crippen molar-refractivity contribution in [3.63, 3.8) is 0 Å². The fourth-order valence-electron chi connectivity index (χ4n) is 1.46. The SMILES string of the molecule is O=[C-]C1CCC(CO)CC1.[CH3-].[U+2].